The minimum Gasteiger partial charge on any atom is -0.352 e. The number of hydrogen-bond donors (Lipinski definition) is 2. The summed E-state index contributed by atoms with van der Waals surface area (Å²) in [6, 6.07) is 5.94. The number of rotatable bonds is 5. The van der Waals surface area contributed by atoms with E-state index in [-0.39, 0.29) is 28.9 Å². The van der Waals surface area contributed by atoms with E-state index in [1.807, 2.05) is 0 Å². The van der Waals surface area contributed by atoms with E-state index in [1.54, 1.807) is 12.1 Å². The highest BCUT2D eigenvalue weighted by Gasteiger charge is 2.42. The Labute approximate surface area is 164 Å². The summed E-state index contributed by atoms with van der Waals surface area (Å²) in [4.78, 5) is 25.1. The topological polar surface area (TPSA) is 58.2 Å². The third kappa shape index (κ3) is 4.15. The first-order chi connectivity index (χ1) is 13.0. The molecular formula is C21H27FN2O2S. The Hall–Kier alpha value is -1.56. The van der Waals surface area contributed by atoms with Crippen LogP contribution >= 0.6 is 11.8 Å². The molecule has 6 atom stereocenters. The van der Waals surface area contributed by atoms with Gasteiger partial charge in [-0.25, -0.2) is 4.39 Å². The number of nitrogens with one attached hydrogen (secondary N) is 2. The molecule has 1 heterocycles. The number of thioether (sulfide) groups is 1. The zero-order chi connectivity index (χ0) is 19.0. The van der Waals surface area contributed by atoms with Crippen LogP contribution in [-0.4, -0.2) is 34.9 Å². The molecule has 27 heavy (non-hydrogen) atoms. The van der Waals surface area contributed by atoms with Crippen molar-refractivity contribution in [2.45, 2.75) is 56.4 Å². The Kier molecular flexibility index (Phi) is 5.44. The summed E-state index contributed by atoms with van der Waals surface area (Å²) in [5.41, 5.74) is 0.928. The van der Waals surface area contributed by atoms with Gasteiger partial charge in [-0.2, -0.15) is 0 Å². The predicted octanol–water partition coefficient (Wildman–Crippen LogP) is 2.91. The Morgan fingerprint density at radius 2 is 2.07 bits per heavy atom. The van der Waals surface area contributed by atoms with Gasteiger partial charge in [0.2, 0.25) is 11.8 Å². The number of amides is 2. The number of hydrogen-bond acceptors (Lipinski definition) is 3. The zero-order valence-corrected chi connectivity index (χ0v) is 16.4. The average Bonchev–Trinajstić information content (AvgIpc) is 3.28. The number of halogens is 1. The molecule has 2 aliphatic carbocycles. The van der Waals surface area contributed by atoms with E-state index in [0.29, 0.717) is 18.1 Å². The van der Waals surface area contributed by atoms with Gasteiger partial charge >= 0.3 is 0 Å². The van der Waals surface area contributed by atoms with E-state index in [2.05, 4.69) is 17.6 Å². The van der Waals surface area contributed by atoms with Gasteiger partial charge in [-0.3, -0.25) is 9.59 Å². The van der Waals surface area contributed by atoms with Crippen molar-refractivity contribution in [3.05, 3.63) is 35.6 Å². The lowest BCUT2D eigenvalue weighted by Crippen LogP contribution is -2.56. The highest BCUT2D eigenvalue weighted by molar-refractivity contribution is 8.00. The highest BCUT2D eigenvalue weighted by Crippen LogP contribution is 2.49. The van der Waals surface area contributed by atoms with E-state index >= 15 is 0 Å². The summed E-state index contributed by atoms with van der Waals surface area (Å²) in [5, 5.41) is 5.81. The second-order valence-corrected chi connectivity index (χ2v) is 9.59. The minimum atomic E-state index is -0.465. The van der Waals surface area contributed by atoms with Gasteiger partial charge in [-0.15, -0.1) is 11.8 Å². The van der Waals surface area contributed by atoms with Crippen molar-refractivity contribution >= 4 is 23.6 Å². The van der Waals surface area contributed by atoms with Gasteiger partial charge in [0.25, 0.3) is 0 Å². The molecule has 0 spiro atoms. The van der Waals surface area contributed by atoms with E-state index in [9.17, 15) is 14.0 Å². The Morgan fingerprint density at radius 3 is 2.70 bits per heavy atom. The van der Waals surface area contributed by atoms with Crippen LogP contribution in [0.2, 0.25) is 0 Å². The van der Waals surface area contributed by atoms with Crippen molar-refractivity contribution < 1.29 is 14.0 Å². The first-order valence-electron chi connectivity index (χ1n) is 9.96. The summed E-state index contributed by atoms with van der Waals surface area (Å²) < 4.78 is 13.0. The van der Waals surface area contributed by atoms with Gasteiger partial charge in [0.15, 0.2) is 0 Å². The second kappa shape index (κ2) is 7.82. The Balaban J connectivity index is 1.28. The fourth-order valence-corrected chi connectivity index (χ4v) is 6.25. The molecule has 1 saturated heterocycles. The van der Waals surface area contributed by atoms with E-state index in [4.69, 9.17) is 0 Å². The van der Waals surface area contributed by atoms with Gasteiger partial charge < -0.3 is 10.6 Å². The summed E-state index contributed by atoms with van der Waals surface area (Å²) >= 11 is 1.51. The molecule has 146 valence electrons. The maximum absolute atomic E-state index is 13.0. The molecule has 3 aliphatic rings. The molecule has 1 aromatic rings. The number of fused-ring (bicyclic) bond motifs is 2. The summed E-state index contributed by atoms with van der Waals surface area (Å²) in [7, 11) is 0. The fourth-order valence-electron chi connectivity index (χ4n) is 5.06. The van der Waals surface area contributed by atoms with Crippen LogP contribution < -0.4 is 10.6 Å². The third-order valence-electron chi connectivity index (χ3n) is 6.53. The molecule has 0 aromatic heterocycles. The summed E-state index contributed by atoms with van der Waals surface area (Å²) in [5.74, 6) is 2.34. The quantitative estimate of drug-likeness (QED) is 0.813. The zero-order valence-electron chi connectivity index (χ0n) is 15.6. The van der Waals surface area contributed by atoms with Crippen LogP contribution in [0.25, 0.3) is 0 Å². The minimum absolute atomic E-state index is 0.0636. The van der Waals surface area contributed by atoms with E-state index in [0.717, 1.165) is 17.4 Å². The molecule has 2 N–H and O–H groups in total. The second-order valence-electron chi connectivity index (χ2n) is 8.35. The first-order valence-corrected chi connectivity index (χ1v) is 11.0. The molecule has 0 radical (unpaired) electrons. The highest BCUT2D eigenvalue weighted by atomic mass is 32.2. The average molecular weight is 391 g/mol. The molecule has 2 bridgehead atoms. The number of benzene rings is 1. The summed E-state index contributed by atoms with van der Waals surface area (Å²) in [6.07, 6.45) is 5.76. The normalized spacial score (nSPS) is 33.6. The monoisotopic (exact) mass is 390 g/mol. The van der Waals surface area contributed by atoms with Gasteiger partial charge in [-0.1, -0.05) is 18.6 Å². The third-order valence-corrected chi connectivity index (χ3v) is 7.84. The maximum Gasteiger partial charge on any atom is 0.243 e. The van der Waals surface area contributed by atoms with Crippen LogP contribution in [0.1, 0.15) is 38.2 Å². The van der Waals surface area contributed by atoms with E-state index in [1.165, 1.54) is 49.6 Å². The molecule has 4 rings (SSSR count). The molecule has 6 heteroatoms. The lowest BCUT2D eigenvalue weighted by atomic mass is 9.84. The SMILES string of the molecule is C[C@H](NC(=O)[C@@H]1CS[C@@H](Cc2ccc(F)cc2)C(=O)N1)[C@@H]1C[C@@H]2CC[C@@H]1C2. The van der Waals surface area contributed by atoms with Crippen molar-refractivity contribution in [2.75, 3.05) is 5.75 Å². The standard InChI is InChI=1S/C21H27FN2O2S/c1-12(17-9-14-2-5-15(17)8-14)23-20(25)18-11-27-19(21(26)24-18)10-13-3-6-16(22)7-4-13/h3-4,6-7,12,14-15,17-19H,2,5,8-11H2,1H3,(H,23,25)(H,24,26)/t12-,14+,15+,17-,18-,19-/m0/s1. The smallest absolute Gasteiger partial charge is 0.243 e. The number of carbonyl (C=O) groups excluding carboxylic acids is 2. The van der Waals surface area contributed by atoms with Crippen molar-refractivity contribution in [2.24, 2.45) is 17.8 Å². The van der Waals surface area contributed by atoms with Crippen LogP contribution in [0, 0.1) is 23.6 Å². The maximum atomic E-state index is 13.0. The lowest BCUT2D eigenvalue weighted by molar-refractivity contribution is -0.129. The van der Waals surface area contributed by atoms with Crippen molar-refractivity contribution in [3.63, 3.8) is 0 Å². The number of carbonyl (C=O) groups is 2. The first kappa shape index (κ1) is 18.8. The Bertz CT molecular complexity index is 711. The molecule has 3 fully saturated rings. The predicted molar refractivity (Wildman–Crippen MR) is 105 cm³/mol. The van der Waals surface area contributed by atoms with Gasteiger partial charge in [0.05, 0.1) is 5.25 Å². The van der Waals surface area contributed by atoms with Crippen LogP contribution in [0.3, 0.4) is 0 Å². The molecule has 4 nitrogen and oxygen atoms in total. The molecular weight excluding hydrogens is 363 g/mol. The van der Waals surface area contributed by atoms with Gasteiger partial charge in [-0.05, 0) is 68.1 Å². The fraction of sp³-hybridized carbons (Fsp3) is 0.619. The largest absolute Gasteiger partial charge is 0.352 e. The molecule has 1 aliphatic heterocycles. The van der Waals surface area contributed by atoms with E-state index < -0.39 is 6.04 Å². The van der Waals surface area contributed by atoms with Gasteiger partial charge in [0.1, 0.15) is 11.9 Å². The van der Waals surface area contributed by atoms with Gasteiger partial charge in [0, 0.05) is 11.8 Å². The Morgan fingerprint density at radius 1 is 1.30 bits per heavy atom. The van der Waals surface area contributed by atoms with Crippen LogP contribution in [0.15, 0.2) is 24.3 Å². The molecule has 2 amide bonds. The van der Waals surface area contributed by atoms with Crippen LogP contribution in [-0.2, 0) is 16.0 Å². The van der Waals surface area contributed by atoms with Crippen molar-refractivity contribution in [3.8, 4) is 0 Å². The van der Waals surface area contributed by atoms with Crippen LogP contribution in [0.5, 0.6) is 0 Å². The van der Waals surface area contributed by atoms with Crippen molar-refractivity contribution in [1.82, 2.24) is 10.6 Å². The van der Waals surface area contributed by atoms with Crippen LogP contribution in [0.4, 0.5) is 4.39 Å². The molecule has 2 saturated carbocycles. The lowest BCUT2D eigenvalue weighted by Gasteiger charge is -2.32. The molecule has 1 aromatic carbocycles. The molecule has 0 unspecified atom stereocenters. The summed E-state index contributed by atoms with van der Waals surface area (Å²) in [6.45, 7) is 2.11. The van der Waals surface area contributed by atoms with Crippen molar-refractivity contribution in [1.29, 1.82) is 0 Å².